The molecular weight excluding hydrogens is 192 g/mol. The number of aromatic hydroxyl groups is 1. The molecule has 0 aliphatic carbocycles. The molecule has 1 aromatic carbocycles. The molecule has 1 aromatic rings. The van der Waals surface area contributed by atoms with Gasteiger partial charge in [0.2, 0.25) is 0 Å². The number of hydrogen-bond acceptors (Lipinski definition) is 3. The lowest BCUT2D eigenvalue weighted by molar-refractivity contribution is -0.140. The second-order valence-corrected chi connectivity index (χ2v) is 3.45. The van der Waals surface area contributed by atoms with Gasteiger partial charge in [0, 0.05) is 5.56 Å². The molecular formula is C12H14O3. The van der Waals surface area contributed by atoms with E-state index in [1.54, 1.807) is 32.0 Å². The van der Waals surface area contributed by atoms with Crippen LogP contribution >= 0.6 is 0 Å². The van der Waals surface area contributed by atoms with Crippen molar-refractivity contribution in [2.45, 2.75) is 20.0 Å². The van der Waals surface area contributed by atoms with Crippen LogP contribution in [0.2, 0.25) is 0 Å². The number of esters is 1. The maximum absolute atomic E-state index is 11.5. The molecule has 1 N–H and O–H groups in total. The van der Waals surface area contributed by atoms with Crippen molar-refractivity contribution in [1.82, 2.24) is 0 Å². The minimum atomic E-state index is -0.508. The Kier molecular flexibility index (Phi) is 3.50. The molecule has 0 heterocycles. The standard InChI is InChI=1S/C12H14O3/c1-8(2)15-12(14)9(3)10-6-4-5-7-11(10)13/h4-8,13H,3H2,1-2H3. The maximum Gasteiger partial charge on any atom is 0.338 e. The summed E-state index contributed by atoms with van der Waals surface area (Å²) in [5.74, 6) is -0.477. The highest BCUT2D eigenvalue weighted by Gasteiger charge is 2.14. The third-order valence-corrected chi connectivity index (χ3v) is 1.82. The molecule has 0 aliphatic heterocycles. The van der Waals surface area contributed by atoms with E-state index in [0.717, 1.165) is 0 Å². The van der Waals surface area contributed by atoms with Crippen LogP contribution in [-0.2, 0) is 9.53 Å². The van der Waals surface area contributed by atoms with Gasteiger partial charge in [0.25, 0.3) is 0 Å². The second kappa shape index (κ2) is 4.64. The molecule has 0 fully saturated rings. The number of carbonyl (C=O) groups is 1. The van der Waals surface area contributed by atoms with Gasteiger partial charge in [-0.3, -0.25) is 0 Å². The van der Waals surface area contributed by atoms with Gasteiger partial charge in [0.15, 0.2) is 0 Å². The summed E-state index contributed by atoms with van der Waals surface area (Å²) in [4.78, 5) is 11.5. The first kappa shape index (κ1) is 11.3. The van der Waals surface area contributed by atoms with E-state index in [9.17, 15) is 9.90 Å². The monoisotopic (exact) mass is 206 g/mol. The predicted octanol–water partition coefficient (Wildman–Crippen LogP) is 2.36. The Labute approximate surface area is 89.0 Å². The van der Waals surface area contributed by atoms with Gasteiger partial charge in [-0.25, -0.2) is 4.79 Å². The molecule has 0 bridgehead atoms. The van der Waals surface area contributed by atoms with E-state index in [0.29, 0.717) is 5.56 Å². The number of ether oxygens (including phenoxy) is 1. The Balaban J connectivity index is 2.86. The van der Waals surface area contributed by atoms with Crippen molar-refractivity contribution in [2.24, 2.45) is 0 Å². The van der Waals surface area contributed by atoms with E-state index >= 15 is 0 Å². The molecule has 0 amide bonds. The van der Waals surface area contributed by atoms with Gasteiger partial charge in [-0.2, -0.15) is 0 Å². The van der Waals surface area contributed by atoms with E-state index in [1.807, 2.05) is 0 Å². The minimum absolute atomic E-state index is 0.0307. The fraction of sp³-hybridized carbons (Fsp3) is 0.250. The topological polar surface area (TPSA) is 46.5 Å². The summed E-state index contributed by atoms with van der Waals surface area (Å²) in [7, 11) is 0. The Morgan fingerprint density at radius 2 is 2.00 bits per heavy atom. The van der Waals surface area contributed by atoms with Crippen LogP contribution in [-0.4, -0.2) is 17.2 Å². The number of hydrogen-bond donors (Lipinski definition) is 1. The molecule has 0 saturated carbocycles. The Hall–Kier alpha value is -1.77. The Bertz CT molecular complexity index is 380. The molecule has 3 heteroatoms. The number of para-hydroxylation sites is 1. The lowest BCUT2D eigenvalue weighted by Gasteiger charge is -2.10. The fourth-order valence-electron chi connectivity index (χ4n) is 1.12. The average Bonchev–Trinajstić information content (AvgIpc) is 2.16. The smallest absolute Gasteiger partial charge is 0.338 e. The SMILES string of the molecule is C=C(C(=O)OC(C)C)c1ccccc1O. The average molecular weight is 206 g/mol. The van der Waals surface area contributed by atoms with Crippen LogP contribution in [0, 0.1) is 0 Å². The van der Waals surface area contributed by atoms with Crippen molar-refractivity contribution in [3.8, 4) is 5.75 Å². The number of phenols is 1. The first-order valence-corrected chi connectivity index (χ1v) is 4.70. The quantitative estimate of drug-likeness (QED) is 0.610. The van der Waals surface area contributed by atoms with Gasteiger partial charge in [-0.1, -0.05) is 24.8 Å². The van der Waals surface area contributed by atoms with Crippen LogP contribution in [0.5, 0.6) is 5.75 Å². The molecule has 0 atom stereocenters. The number of phenolic OH excluding ortho intramolecular Hbond substituents is 1. The van der Waals surface area contributed by atoms with E-state index in [4.69, 9.17) is 4.74 Å². The highest BCUT2D eigenvalue weighted by Crippen LogP contribution is 2.24. The fourth-order valence-corrected chi connectivity index (χ4v) is 1.12. The number of carbonyl (C=O) groups excluding carboxylic acids is 1. The van der Waals surface area contributed by atoms with Crippen molar-refractivity contribution in [1.29, 1.82) is 0 Å². The van der Waals surface area contributed by atoms with Crippen molar-refractivity contribution >= 4 is 11.5 Å². The van der Waals surface area contributed by atoms with Crippen molar-refractivity contribution in [3.63, 3.8) is 0 Å². The van der Waals surface area contributed by atoms with E-state index in [1.165, 1.54) is 6.07 Å². The number of rotatable bonds is 3. The summed E-state index contributed by atoms with van der Waals surface area (Å²) in [6.45, 7) is 7.12. The third kappa shape index (κ3) is 2.84. The zero-order valence-electron chi connectivity index (χ0n) is 8.86. The summed E-state index contributed by atoms with van der Waals surface area (Å²) < 4.78 is 4.97. The van der Waals surface area contributed by atoms with Gasteiger partial charge in [0.05, 0.1) is 11.7 Å². The summed E-state index contributed by atoms with van der Waals surface area (Å²) in [5, 5.41) is 9.50. The second-order valence-electron chi connectivity index (χ2n) is 3.45. The van der Waals surface area contributed by atoms with Crippen molar-refractivity contribution in [3.05, 3.63) is 36.4 Å². The van der Waals surface area contributed by atoms with Gasteiger partial charge in [-0.15, -0.1) is 0 Å². The maximum atomic E-state index is 11.5. The normalized spacial score (nSPS) is 10.1. The van der Waals surface area contributed by atoms with Crippen LogP contribution < -0.4 is 0 Å². The van der Waals surface area contributed by atoms with Crippen LogP contribution in [0.3, 0.4) is 0 Å². The van der Waals surface area contributed by atoms with Gasteiger partial charge < -0.3 is 9.84 Å². The molecule has 0 saturated heterocycles. The molecule has 0 spiro atoms. The zero-order valence-corrected chi connectivity index (χ0v) is 8.86. The lowest BCUT2D eigenvalue weighted by atomic mass is 10.1. The summed E-state index contributed by atoms with van der Waals surface area (Å²) >= 11 is 0. The molecule has 15 heavy (non-hydrogen) atoms. The molecule has 1 rings (SSSR count). The predicted molar refractivity (Wildman–Crippen MR) is 58.4 cm³/mol. The minimum Gasteiger partial charge on any atom is -0.507 e. The van der Waals surface area contributed by atoms with Crippen LogP contribution in [0.25, 0.3) is 5.57 Å². The third-order valence-electron chi connectivity index (χ3n) is 1.82. The molecule has 0 aromatic heterocycles. The Morgan fingerprint density at radius 1 is 1.40 bits per heavy atom. The van der Waals surface area contributed by atoms with E-state index in [2.05, 4.69) is 6.58 Å². The van der Waals surface area contributed by atoms with Crippen molar-refractivity contribution in [2.75, 3.05) is 0 Å². The molecule has 0 aliphatic rings. The molecule has 0 unspecified atom stereocenters. The van der Waals surface area contributed by atoms with Gasteiger partial charge in [-0.05, 0) is 19.9 Å². The van der Waals surface area contributed by atoms with Gasteiger partial charge >= 0.3 is 5.97 Å². The summed E-state index contributed by atoms with van der Waals surface area (Å²) in [6.07, 6.45) is -0.194. The van der Waals surface area contributed by atoms with Gasteiger partial charge in [0.1, 0.15) is 5.75 Å². The van der Waals surface area contributed by atoms with Crippen LogP contribution in [0.15, 0.2) is 30.8 Å². The zero-order chi connectivity index (χ0) is 11.4. The highest BCUT2D eigenvalue weighted by atomic mass is 16.5. The highest BCUT2D eigenvalue weighted by molar-refractivity contribution is 6.16. The largest absolute Gasteiger partial charge is 0.507 e. The first-order chi connectivity index (χ1) is 7.02. The Morgan fingerprint density at radius 3 is 2.53 bits per heavy atom. The van der Waals surface area contributed by atoms with E-state index < -0.39 is 5.97 Å². The molecule has 0 radical (unpaired) electrons. The summed E-state index contributed by atoms with van der Waals surface area (Å²) in [6, 6.07) is 6.53. The summed E-state index contributed by atoms with van der Waals surface area (Å²) in [5.41, 5.74) is 0.574. The molecule has 3 nitrogen and oxygen atoms in total. The van der Waals surface area contributed by atoms with Crippen LogP contribution in [0.1, 0.15) is 19.4 Å². The van der Waals surface area contributed by atoms with Crippen molar-refractivity contribution < 1.29 is 14.6 Å². The van der Waals surface area contributed by atoms with Crippen LogP contribution in [0.4, 0.5) is 0 Å². The molecule has 80 valence electrons. The number of benzene rings is 1. The first-order valence-electron chi connectivity index (χ1n) is 4.70. The lowest BCUT2D eigenvalue weighted by Crippen LogP contribution is -2.12. The van der Waals surface area contributed by atoms with E-state index in [-0.39, 0.29) is 17.4 Å².